The Bertz CT molecular complexity index is 725. The summed E-state index contributed by atoms with van der Waals surface area (Å²) in [6.45, 7) is 0. The average molecular weight is 320 g/mol. The fourth-order valence-corrected chi connectivity index (χ4v) is 2.09. The zero-order valence-electron chi connectivity index (χ0n) is 11.1. The van der Waals surface area contributed by atoms with Crippen LogP contribution in [-0.2, 0) is 4.79 Å². The molecule has 0 spiro atoms. The lowest BCUT2D eigenvalue weighted by atomic mass is 10.1. The van der Waals surface area contributed by atoms with Gasteiger partial charge in [-0.1, -0.05) is 41.4 Å². The van der Waals surface area contributed by atoms with E-state index >= 15 is 0 Å². The molecule has 0 unspecified atom stereocenters. The summed E-state index contributed by atoms with van der Waals surface area (Å²) in [6, 6.07) is 13.6. The summed E-state index contributed by atoms with van der Waals surface area (Å²) >= 11 is 11.8. The smallest absolute Gasteiger partial charge is 0.361 e. The van der Waals surface area contributed by atoms with E-state index in [0.29, 0.717) is 16.3 Å². The molecule has 0 fully saturated rings. The van der Waals surface area contributed by atoms with Crippen molar-refractivity contribution in [1.82, 2.24) is 0 Å². The molecule has 0 saturated carbocycles. The number of anilines is 1. The van der Waals surface area contributed by atoms with Crippen molar-refractivity contribution < 1.29 is 9.58 Å². The maximum absolute atomic E-state index is 12.4. The Morgan fingerprint density at radius 2 is 1.76 bits per heavy atom. The van der Waals surface area contributed by atoms with Gasteiger partial charge in [0.1, 0.15) is 0 Å². The van der Waals surface area contributed by atoms with Crippen LogP contribution in [0.2, 0.25) is 10.0 Å². The first-order chi connectivity index (χ1) is 10.0. The summed E-state index contributed by atoms with van der Waals surface area (Å²) in [5, 5.41) is 0.645. The molecule has 0 bridgehead atoms. The molecule has 0 heterocycles. The number of carbonyl (C=O) groups is 1. The molecule has 2 aromatic rings. The highest BCUT2D eigenvalue weighted by Crippen LogP contribution is 2.23. The number of amides is 1. The number of para-hydroxylation sites is 1. The molecule has 2 aromatic carbocycles. The minimum Gasteiger partial charge on any atom is -0.361 e. The maximum atomic E-state index is 12.4. The SMILES string of the molecule is CN(C(=O)C(=[N+]=[N-])c1ccc(Cl)c(Cl)c1)c1ccccc1. The number of halogens is 2. The van der Waals surface area contributed by atoms with Gasteiger partial charge in [0.2, 0.25) is 0 Å². The lowest BCUT2D eigenvalue weighted by Crippen LogP contribution is -2.34. The second-order valence-electron chi connectivity index (χ2n) is 4.28. The van der Waals surface area contributed by atoms with Crippen molar-refractivity contribution in [3.05, 3.63) is 69.7 Å². The summed E-state index contributed by atoms with van der Waals surface area (Å²) in [5.41, 5.74) is 10.1. The van der Waals surface area contributed by atoms with Gasteiger partial charge in [-0.25, -0.2) is 0 Å². The van der Waals surface area contributed by atoms with E-state index in [2.05, 4.69) is 4.79 Å². The maximum Gasteiger partial charge on any atom is 0.386 e. The monoisotopic (exact) mass is 319 g/mol. The quantitative estimate of drug-likeness (QED) is 0.483. The molecular weight excluding hydrogens is 309 g/mol. The number of rotatable bonds is 3. The van der Waals surface area contributed by atoms with E-state index in [-0.39, 0.29) is 10.7 Å². The van der Waals surface area contributed by atoms with E-state index in [4.69, 9.17) is 23.2 Å². The molecule has 2 rings (SSSR count). The van der Waals surface area contributed by atoms with Crippen molar-refractivity contribution in [2.24, 2.45) is 0 Å². The van der Waals surface area contributed by atoms with E-state index in [9.17, 15) is 10.3 Å². The lowest BCUT2D eigenvalue weighted by Gasteiger charge is -2.14. The van der Waals surface area contributed by atoms with Crippen LogP contribution in [0.1, 0.15) is 5.56 Å². The molecule has 6 heteroatoms. The van der Waals surface area contributed by atoms with Crippen LogP contribution in [0.3, 0.4) is 0 Å². The van der Waals surface area contributed by atoms with Crippen LogP contribution in [0.15, 0.2) is 48.5 Å². The minimum absolute atomic E-state index is 0.111. The Balaban J connectivity index is 2.36. The molecule has 0 aliphatic carbocycles. The first kappa shape index (κ1) is 15.3. The van der Waals surface area contributed by atoms with Crippen molar-refractivity contribution in [2.75, 3.05) is 11.9 Å². The van der Waals surface area contributed by atoms with E-state index in [0.717, 1.165) is 0 Å². The summed E-state index contributed by atoms with van der Waals surface area (Å²) in [4.78, 5) is 16.9. The van der Waals surface area contributed by atoms with Crippen LogP contribution in [0.25, 0.3) is 5.53 Å². The van der Waals surface area contributed by atoms with Crippen LogP contribution in [0.4, 0.5) is 5.69 Å². The van der Waals surface area contributed by atoms with Crippen molar-refractivity contribution >= 4 is 40.5 Å². The third kappa shape index (κ3) is 3.31. The summed E-state index contributed by atoms with van der Waals surface area (Å²) in [6.07, 6.45) is 0. The predicted octanol–water partition coefficient (Wildman–Crippen LogP) is 3.68. The molecule has 0 N–H and O–H groups in total. The van der Waals surface area contributed by atoms with Gasteiger partial charge in [0.05, 0.1) is 15.6 Å². The third-order valence-corrected chi connectivity index (χ3v) is 3.68. The second kappa shape index (κ2) is 6.55. The van der Waals surface area contributed by atoms with Gasteiger partial charge in [-0.15, -0.1) is 0 Å². The van der Waals surface area contributed by atoms with E-state index < -0.39 is 5.91 Å². The van der Waals surface area contributed by atoms with Crippen molar-refractivity contribution in [1.29, 1.82) is 0 Å². The van der Waals surface area contributed by atoms with Gasteiger partial charge in [-0.05, 0) is 30.3 Å². The number of nitrogens with zero attached hydrogens (tertiary/aromatic N) is 3. The number of benzene rings is 2. The van der Waals surface area contributed by atoms with Crippen molar-refractivity contribution in [2.45, 2.75) is 0 Å². The van der Waals surface area contributed by atoms with E-state index in [1.165, 1.54) is 11.0 Å². The first-order valence-corrected chi connectivity index (χ1v) is 6.80. The average Bonchev–Trinajstić information content (AvgIpc) is 2.51. The zero-order chi connectivity index (χ0) is 15.4. The molecule has 0 radical (unpaired) electrons. The lowest BCUT2D eigenvalue weighted by molar-refractivity contribution is -0.116. The van der Waals surface area contributed by atoms with Crippen LogP contribution in [-0.4, -0.2) is 23.5 Å². The van der Waals surface area contributed by atoms with E-state index in [1.807, 2.05) is 18.2 Å². The van der Waals surface area contributed by atoms with Gasteiger partial charge in [-0.2, -0.15) is 4.79 Å². The third-order valence-electron chi connectivity index (χ3n) is 2.94. The highest BCUT2D eigenvalue weighted by atomic mass is 35.5. The molecule has 0 aromatic heterocycles. The molecule has 106 valence electrons. The molecular formula is C15H11Cl2N3O. The van der Waals surface area contributed by atoms with Gasteiger partial charge in [-0.3, -0.25) is 4.79 Å². The van der Waals surface area contributed by atoms with Crippen LogP contribution in [0, 0.1) is 0 Å². The van der Waals surface area contributed by atoms with Crippen LogP contribution >= 0.6 is 23.2 Å². The molecule has 0 atom stereocenters. The number of likely N-dealkylation sites (N-methyl/N-ethyl adjacent to an activating group) is 1. The Kier molecular flexibility index (Phi) is 4.76. The fraction of sp³-hybridized carbons (Fsp3) is 0.0667. The fourth-order valence-electron chi connectivity index (χ4n) is 1.80. The van der Waals surface area contributed by atoms with Gasteiger partial charge < -0.3 is 10.4 Å². The highest BCUT2D eigenvalue weighted by molar-refractivity contribution is 6.48. The second-order valence-corrected chi connectivity index (χ2v) is 5.09. The molecule has 4 nitrogen and oxygen atoms in total. The number of carbonyl (C=O) groups excluding carboxylic acids is 1. The topological polar surface area (TPSA) is 56.7 Å². The van der Waals surface area contributed by atoms with Gasteiger partial charge in [0, 0.05) is 12.7 Å². The summed E-state index contributed by atoms with van der Waals surface area (Å²) in [5.74, 6) is -0.456. The summed E-state index contributed by atoms with van der Waals surface area (Å²) in [7, 11) is 1.60. The highest BCUT2D eigenvalue weighted by Gasteiger charge is 2.27. The van der Waals surface area contributed by atoms with Gasteiger partial charge >= 0.3 is 11.6 Å². The van der Waals surface area contributed by atoms with Crippen molar-refractivity contribution in [3.8, 4) is 0 Å². The molecule has 21 heavy (non-hydrogen) atoms. The van der Waals surface area contributed by atoms with E-state index in [1.54, 1.807) is 31.3 Å². The number of hydrogen-bond donors (Lipinski definition) is 0. The standard InChI is InChI=1S/C15H11Cl2N3O/c1-20(11-5-3-2-4-6-11)15(21)14(19-18)10-7-8-12(16)13(17)9-10/h2-9H,1H3. The molecule has 0 aliphatic heterocycles. The zero-order valence-corrected chi connectivity index (χ0v) is 12.6. The van der Waals surface area contributed by atoms with Gasteiger partial charge in [0.25, 0.3) is 0 Å². The normalized spacial score (nSPS) is 9.86. The minimum atomic E-state index is -0.456. The molecule has 1 amide bonds. The van der Waals surface area contributed by atoms with Gasteiger partial charge in [0.15, 0.2) is 0 Å². The number of hydrogen-bond acceptors (Lipinski definition) is 1. The molecule has 0 aliphatic rings. The Labute approximate surface area is 132 Å². The Morgan fingerprint density at radius 1 is 1.10 bits per heavy atom. The Hall–Kier alpha value is -2.13. The molecule has 0 saturated heterocycles. The van der Waals surface area contributed by atoms with Crippen LogP contribution in [0.5, 0.6) is 0 Å². The Morgan fingerprint density at radius 3 is 2.33 bits per heavy atom. The predicted molar refractivity (Wildman–Crippen MR) is 84.0 cm³/mol. The summed E-state index contributed by atoms with van der Waals surface area (Å²) < 4.78 is 0. The first-order valence-electron chi connectivity index (χ1n) is 6.05. The van der Waals surface area contributed by atoms with Crippen molar-refractivity contribution in [3.63, 3.8) is 0 Å². The van der Waals surface area contributed by atoms with Crippen LogP contribution < -0.4 is 4.90 Å². The largest absolute Gasteiger partial charge is 0.386 e.